The van der Waals surface area contributed by atoms with Gasteiger partial charge in [0.05, 0.1) is 25.4 Å². The van der Waals surface area contributed by atoms with Crippen LogP contribution in [0.1, 0.15) is 18.4 Å². The van der Waals surface area contributed by atoms with Crippen molar-refractivity contribution in [2.24, 2.45) is 0 Å². The molecule has 0 radical (unpaired) electrons. The van der Waals surface area contributed by atoms with Crippen molar-refractivity contribution in [3.05, 3.63) is 5.56 Å². The molecule has 1 saturated heterocycles. The molecule has 3 heterocycles. The number of hydrogen-bond donors (Lipinski definition) is 1. The molecule has 0 unspecified atom stereocenters. The highest BCUT2D eigenvalue weighted by Gasteiger charge is 2.36. The molecule has 2 aliphatic heterocycles. The Morgan fingerprint density at radius 3 is 2.95 bits per heavy atom. The second kappa shape index (κ2) is 5.75. The molecule has 0 aromatic carbocycles. The fourth-order valence-electron chi connectivity index (χ4n) is 2.82. The number of ether oxygens (including phenoxy) is 2. The Bertz CT molecular complexity index is 500. The lowest BCUT2D eigenvalue weighted by molar-refractivity contribution is 0.0111. The second-order valence-corrected chi connectivity index (χ2v) is 5.71. The molecule has 1 N–H and O–H groups in total. The zero-order valence-electron chi connectivity index (χ0n) is 11.7. The number of thioether (sulfide) groups is 1. The van der Waals surface area contributed by atoms with Gasteiger partial charge in [0.1, 0.15) is 12.0 Å². The maximum Gasteiger partial charge on any atom is 0.222 e. The van der Waals surface area contributed by atoms with Crippen LogP contribution in [0.4, 0.5) is 5.82 Å². The van der Waals surface area contributed by atoms with Crippen molar-refractivity contribution < 1.29 is 14.6 Å². The first-order valence-corrected chi connectivity index (χ1v) is 8.01. The third-order valence-electron chi connectivity index (χ3n) is 3.81. The number of hydrogen-bond acceptors (Lipinski definition) is 7. The van der Waals surface area contributed by atoms with E-state index in [0.29, 0.717) is 11.0 Å². The van der Waals surface area contributed by atoms with Crippen LogP contribution >= 0.6 is 11.8 Å². The minimum absolute atomic E-state index is 0.00251. The van der Waals surface area contributed by atoms with Gasteiger partial charge in [-0.25, -0.2) is 4.98 Å². The average molecular weight is 297 g/mol. The second-order valence-electron chi connectivity index (χ2n) is 4.94. The summed E-state index contributed by atoms with van der Waals surface area (Å²) in [5.74, 6) is 1.59. The van der Waals surface area contributed by atoms with Gasteiger partial charge >= 0.3 is 0 Å². The highest BCUT2D eigenvalue weighted by atomic mass is 32.2. The predicted molar refractivity (Wildman–Crippen MR) is 76.4 cm³/mol. The van der Waals surface area contributed by atoms with Crippen molar-refractivity contribution >= 4 is 17.6 Å². The van der Waals surface area contributed by atoms with Crippen LogP contribution in [0.2, 0.25) is 0 Å². The molecule has 2 aliphatic rings. The maximum atomic E-state index is 9.19. The van der Waals surface area contributed by atoms with E-state index in [9.17, 15) is 5.11 Å². The van der Waals surface area contributed by atoms with Gasteiger partial charge in [0.2, 0.25) is 5.88 Å². The Kier molecular flexibility index (Phi) is 4.00. The summed E-state index contributed by atoms with van der Waals surface area (Å²) in [6.07, 6.45) is 4.59. The maximum absolute atomic E-state index is 9.19. The van der Waals surface area contributed by atoms with Gasteiger partial charge in [-0.1, -0.05) is 11.8 Å². The average Bonchev–Trinajstić information content (AvgIpc) is 3.11. The summed E-state index contributed by atoms with van der Waals surface area (Å²) in [6.45, 7) is 0.946. The van der Waals surface area contributed by atoms with Crippen LogP contribution in [0, 0.1) is 0 Å². The van der Waals surface area contributed by atoms with E-state index in [0.717, 1.165) is 37.2 Å². The molecule has 0 saturated carbocycles. The number of aliphatic hydroxyl groups is 1. The van der Waals surface area contributed by atoms with Gasteiger partial charge in [-0.3, -0.25) is 0 Å². The monoisotopic (exact) mass is 297 g/mol. The van der Waals surface area contributed by atoms with Crippen molar-refractivity contribution in [3.63, 3.8) is 0 Å². The number of anilines is 1. The van der Waals surface area contributed by atoms with Gasteiger partial charge in [-0.05, 0) is 25.5 Å². The molecule has 1 aromatic rings. The standard InChI is InChI=1S/C13H19N3O3S/c1-18-12-9-5-6-16(10-4-3-8(7-17)19-10)11(9)14-13(15-12)20-2/h8,10,17H,3-7H2,1-2H3/t8-,10-/m1/s1. The Morgan fingerprint density at radius 2 is 2.30 bits per heavy atom. The van der Waals surface area contributed by atoms with Gasteiger partial charge in [0.25, 0.3) is 0 Å². The minimum Gasteiger partial charge on any atom is -0.481 e. The molecule has 7 heteroatoms. The topological polar surface area (TPSA) is 67.7 Å². The SMILES string of the molecule is COc1nc(SC)nc2c1CCN2[C@H]1CC[C@H](CO)O1. The van der Waals surface area contributed by atoms with Crippen LogP contribution in [0.25, 0.3) is 0 Å². The fourth-order valence-corrected chi connectivity index (χ4v) is 3.17. The van der Waals surface area contributed by atoms with Crippen LogP contribution < -0.4 is 9.64 Å². The largest absolute Gasteiger partial charge is 0.481 e. The highest BCUT2D eigenvalue weighted by Crippen LogP contribution is 2.37. The van der Waals surface area contributed by atoms with Crippen LogP contribution in [0.5, 0.6) is 5.88 Å². The van der Waals surface area contributed by atoms with Crippen LogP contribution in [-0.4, -0.2) is 53.9 Å². The van der Waals surface area contributed by atoms with E-state index in [1.165, 1.54) is 11.8 Å². The van der Waals surface area contributed by atoms with Crippen molar-refractivity contribution in [3.8, 4) is 5.88 Å². The van der Waals surface area contributed by atoms with Crippen molar-refractivity contribution in [2.45, 2.75) is 36.8 Å². The van der Waals surface area contributed by atoms with E-state index in [1.807, 2.05) is 6.26 Å². The number of aliphatic hydroxyl groups excluding tert-OH is 1. The first kappa shape index (κ1) is 13.9. The van der Waals surface area contributed by atoms with E-state index in [2.05, 4.69) is 14.9 Å². The lowest BCUT2D eigenvalue weighted by Crippen LogP contribution is -2.34. The van der Waals surface area contributed by atoms with Crippen molar-refractivity contribution in [2.75, 3.05) is 31.4 Å². The lowest BCUT2D eigenvalue weighted by Gasteiger charge is -2.26. The molecule has 3 rings (SSSR count). The molecular formula is C13H19N3O3S. The van der Waals surface area contributed by atoms with E-state index in [-0.39, 0.29) is 18.9 Å². The summed E-state index contributed by atoms with van der Waals surface area (Å²) < 4.78 is 11.2. The minimum atomic E-state index is -0.0483. The lowest BCUT2D eigenvalue weighted by atomic mass is 10.2. The molecular weight excluding hydrogens is 278 g/mol. The number of nitrogens with zero attached hydrogens (tertiary/aromatic N) is 3. The van der Waals surface area contributed by atoms with Gasteiger partial charge < -0.3 is 19.5 Å². The molecule has 0 aliphatic carbocycles. The number of aromatic nitrogens is 2. The Morgan fingerprint density at radius 1 is 1.45 bits per heavy atom. The van der Waals surface area contributed by atoms with Gasteiger partial charge in [0.15, 0.2) is 5.16 Å². The van der Waals surface area contributed by atoms with E-state index >= 15 is 0 Å². The molecule has 6 nitrogen and oxygen atoms in total. The highest BCUT2D eigenvalue weighted by molar-refractivity contribution is 7.98. The number of methoxy groups -OCH3 is 1. The van der Waals surface area contributed by atoms with E-state index in [1.54, 1.807) is 7.11 Å². The number of rotatable bonds is 4. The van der Waals surface area contributed by atoms with Crippen LogP contribution in [0.3, 0.4) is 0 Å². The summed E-state index contributed by atoms with van der Waals surface area (Å²) in [4.78, 5) is 11.2. The molecule has 1 fully saturated rings. The first-order valence-electron chi connectivity index (χ1n) is 6.78. The quantitative estimate of drug-likeness (QED) is 0.658. The zero-order chi connectivity index (χ0) is 14.1. The van der Waals surface area contributed by atoms with Gasteiger partial charge in [-0.15, -0.1) is 0 Å². The molecule has 0 bridgehead atoms. The molecule has 20 heavy (non-hydrogen) atoms. The Balaban J connectivity index is 1.89. The first-order chi connectivity index (χ1) is 9.76. The van der Waals surface area contributed by atoms with Gasteiger partial charge in [-0.2, -0.15) is 4.98 Å². The number of fused-ring (bicyclic) bond motifs is 1. The smallest absolute Gasteiger partial charge is 0.222 e. The van der Waals surface area contributed by atoms with E-state index < -0.39 is 0 Å². The molecule has 0 amide bonds. The summed E-state index contributed by atoms with van der Waals surface area (Å²) in [7, 11) is 1.64. The molecule has 0 spiro atoms. The molecule has 1 aromatic heterocycles. The predicted octanol–water partition coefficient (Wildman–Crippen LogP) is 1.07. The summed E-state index contributed by atoms with van der Waals surface area (Å²) in [5.41, 5.74) is 1.06. The third kappa shape index (κ3) is 2.34. The van der Waals surface area contributed by atoms with Gasteiger partial charge in [0, 0.05) is 6.54 Å². The van der Waals surface area contributed by atoms with Crippen LogP contribution in [0.15, 0.2) is 5.16 Å². The van der Waals surface area contributed by atoms with Crippen LogP contribution in [-0.2, 0) is 11.2 Å². The Labute approximate surface area is 122 Å². The zero-order valence-corrected chi connectivity index (χ0v) is 12.5. The molecule has 2 atom stereocenters. The van der Waals surface area contributed by atoms with Crippen molar-refractivity contribution in [1.29, 1.82) is 0 Å². The Hall–Kier alpha value is -1.05. The summed E-state index contributed by atoms with van der Waals surface area (Å²) >= 11 is 1.50. The molecule has 110 valence electrons. The summed E-state index contributed by atoms with van der Waals surface area (Å²) in [6, 6.07) is 0. The normalized spacial score (nSPS) is 25.1. The fraction of sp³-hybridized carbons (Fsp3) is 0.692. The van der Waals surface area contributed by atoms with E-state index in [4.69, 9.17) is 9.47 Å². The summed E-state index contributed by atoms with van der Waals surface area (Å²) in [5, 5.41) is 9.91. The van der Waals surface area contributed by atoms with Crippen molar-refractivity contribution in [1.82, 2.24) is 9.97 Å². The third-order valence-corrected chi connectivity index (χ3v) is 4.36.